The average molecular weight is 289 g/mol. The van der Waals surface area contributed by atoms with Crippen LogP contribution in [-0.2, 0) is 12.8 Å². The molecule has 0 amide bonds. The Labute approximate surface area is 125 Å². The van der Waals surface area contributed by atoms with Crippen LogP contribution >= 0.6 is 0 Å². The van der Waals surface area contributed by atoms with Crippen LogP contribution in [0.2, 0.25) is 0 Å². The second kappa shape index (κ2) is 7.32. The molecule has 2 aromatic carbocycles. The number of halogens is 2. The number of nitrogens with one attached hydrogen (secondary N) is 1. The van der Waals surface area contributed by atoms with Crippen molar-refractivity contribution < 1.29 is 8.78 Å². The molecule has 1 nitrogen and oxygen atoms in total. The van der Waals surface area contributed by atoms with Crippen LogP contribution in [0.5, 0.6) is 0 Å². The van der Waals surface area contributed by atoms with Crippen molar-refractivity contribution in [1.82, 2.24) is 5.32 Å². The van der Waals surface area contributed by atoms with Crippen molar-refractivity contribution in [3.8, 4) is 0 Å². The molecule has 0 spiro atoms. The zero-order valence-corrected chi connectivity index (χ0v) is 12.5. The summed E-state index contributed by atoms with van der Waals surface area (Å²) in [6.45, 7) is 2.71. The molecule has 2 aromatic rings. The molecule has 0 saturated carbocycles. The highest BCUT2D eigenvalue weighted by molar-refractivity contribution is 5.27. The molecule has 2 rings (SSSR count). The van der Waals surface area contributed by atoms with Crippen molar-refractivity contribution in [2.24, 2.45) is 5.92 Å². The molecule has 0 saturated heterocycles. The van der Waals surface area contributed by atoms with Gasteiger partial charge in [0, 0.05) is 0 Å². The summed E-state index contributed by atoms with van der Waals surface area (Å²) >= 11 is 0. The molecule has 1 N–H and O–H groups in total. The van der Waals surface area contributed by atoms with E-state index in [2.05, 4.69) is 5.32 Å². The zero-order chi connectivity index (χ0) is 15.2. The predicted octanol–water partition coefficient (Wildman–Crippen LogP) is 3.89. The van der Waals surface area contributed by atoms with Gasteiger partial charge in [0.1, 0.15) is 11.6 Å². The van der Waals surface area contributed by atoms with E-state index < -0.39 is 0 Å². The van der Waals surface area contributed by atoms with E-state index in [1.807, 2.05) is 32.2 Å². The van der Waals surface area contributed by atoms with Crippen molar-refractivity contribution >= 4 is 0 Å². The summed E-state index contributed by atoms with van der Waals surface area (Å²) in [7, 11) is 1.89. The molecule has 0 heterocycles. The minimum atomic E-state index is -0.212. The molecule has 0 bridgehead atoms. The Kier molecular flexibility index (Phi) is 5.45. The van der Waals surface area contributed by atoms with Gasteiger partial charge in [-0.3, -0.25) is 0 Å². The molecule has 112 valence electrons. The molecular weight excluding hydrogens is 268 g/mol. The van der Waals surface area contributed by atoms with Crippen LogP contribution in [-0.4, -0.2) is 13.6 Å². The molecule has 21 heavy (non-hydrogen) atoms. The fraction of sp³-hybridized carbons (Fsp3) is 0.333. The third-order valence-electron chi connectivity index (χ3n) is 3.77. The first-order valence-corrected chi connectivity index (χ1v) is 7.23. The lowest BCUT2D eigenvalue weighted by Crippen LogP contribution is -2.23. The third kappa shape index (κ3) is 4.36. The fourth-order valence-electron chi connectivity index (χ4n) is 2.68. The topological polar surface area (TPSA) is 12.0 Å². The lowest BCUT2D eigenvalue weighted by atomic mass is 9.90. The largest absolute Gasteiger partial charge is 0.319 e. The minimum absolute atomic E-state index is 0.158. The number of benzene rings is 2. The average Bonchev–Trinajstić information content (AvgIpc) is 2.44. The Balaban J connectivity index is 2.14. The maximum absolute atomic E-state index is 13.8. The van der Waals surface area contributed by atoms with Crippen molar-refractivity contribution in [3.05, 3.63) is 70.8 Å². The highest BCUT2D eigenvalue weighted by atomic mass is 19.1. The Bertz CT molecular complexity index is 596. The van der Waals surface area contributed by atoms with Crippen LogP contribution in [0.4, 0.5) is 8.78 Å². The van der Waals surface area contributed by atoms with Gasteiger partial charge in [-0.15, -0.1) is 0 Å². The van der Waals surface area contributed by atoms with Crippen LogP contribution in [0.3, 0.4) is 0 Å². The Morgan fingerprint density at radius 2 is 1.71 bits per heavy atom. The normalized spacial score (nSPS) is 12.4. The van der Waals surface area contributed by atoms with Gasteiger partial charge in [0.2, 0.25) is 0 Å². The van der Waals surface area contributed by atoms with Gasteiger partial charge in [0.05, 0.1) is 0 Å². The molecule has 0 radical (unpaired) electrons. The van der Waals surface area contributed by atoms with Crippen LogP contribution < -0.4 is 5.32 Å². The molecule has 1 atom stereocenters. The summed E-state index contributed by atoms with van der Waals surface area (Å²) in [6, 6.07) is 11.8. The van der Waals surface area contributed by atoms with Gasteiger partial charge in [0.25, 0.3) is 0 Å². The summed E-state index contributed by atoms with van der Waals surface area (Å²) < 4.78 is 27.0. The molecule has 0 aliphatic rings. The van der Waals surface area contributed by atoms with Crippen LogP contribution in [0, 0.1) is 24.5 Å². The molecule has 0 aliphatic heterocycles. The highest BCUT2D eigenvalue weighted by Gasteiger charge is 2.14. The first-order chi connectivity index (χ1) is 10.1. The molecule has 1 unspecified atom stereocenters. The Morgan fingerprint density at radius 3 is 2.38 bits per heavy atom. The first kappa shape index (κ1) is 15.6. The van der Waals surface area contributed by atoms with E-state index in [0.717, 1.165) is 29.7 Å². The van der Waals surface area contributed by atoms with Crippen LogP contribution in [0.15, 0.2) is 42.5 Å². The van der Waals surface area contributed by atoms with E-state index in [0.29, 0.717) is 6.42 Å². The maximum atomic E-state index is 13.8. The van der Waals surface area contributed by atoms with Gasteiger partial charge in [-0.1, -0.05) is 24.3 Å². The number of aryl methyl sites for hydroxylation is 1. The van der Waals surface area contributed by atoms with Gasteiger partial charge >= 0.3 is 0 Å². The van der Waals surface area contributed by atoms with Gasteiger partial charge in [-0.2, -0.15) is 0 Å². The van der Waals surface area contributed by atoms with Gasteiger partial charge in [-0.25, -0.2) is 8.78 Å². The molecule has 0 aromatic heterocycles. The van der Waals surface area contributed by atoms with E-state index in [1.165, 1.54) is 12.1 Å². The Hall–Kier alpha value is -1.74. The van der Waals surface area contributed by atoms with E-state index in [4.69, 9.17) is 0 Å². The molecule has 0 fully saturated rings. The van der Waals surface area contributed by atoms with E-state index in [9.17, 15) is 8.78 Å². The van der Waals surface area contributed by atoms with E-state index >= 15 is 0 Å². The Morgan fingerprint density at radius 1 is 1.00 bits per heavy atom. The monoisotopic (exact) mass is 289 g/mol. The number of hydrogen-bond donors (Lipinski definition) is 1. The lowest BCUT2D eigenvalue weighted by molar-refractivity contribution is 0.478. The first-order valence-electron chi connectivity index (χ1n) is 7.23. The molecule has 3 heteroatoms. The smallest absolute Gasteiger partial charge is 0.126 e. The van der Waals surface area contributed by atoms with E-state index in [1.54, 1.807) is 12.1 Å². The summed E-state index contributed by atoms with van der Waals surface area (Å²) in [5, 5.41) is 3.16. The highest BCUT2D eigenvalue weighted by Crippen LogP contribution is 2.19. The maximum Gasteiger partial charge on any atom is 0.126 e. The predicted molar refractivity (Wildman–Crippen MR) is 82.4 cm³/mol. The fourth-order valence-corrected chi connectivity index (χ4v) is 2.68. The molecule has 0 aliphatic carbocycles. The van der Waals surface area contributed by atoms with Gasteiger partial charge < -0.3 is 5.32 Å². The van der Waals surface area contributed by atoms with Crippen molar-refractivity contribution in [1.29, 1.82) is 0 Å². The minimum Gasteiger partial charge on any atom is -0.319 e. The van der Waals surface area contributed by atoms with E-state index in [-0.39, 0.29) is 17.6 Å². The standard InChI is InChI=1S/C18H21F2N/c1-13-9-17(19)8-7-15(13)10-14(12-21-2)11-16-5-3-4-6-18(16)20/h3-9,14,21H,10-12H2,1-2H3. The van der Waals surface area contributed by atoms with Crippen LogP contribution in [0.25, 0.3) is 0 Å². The van der Waals surface area contributed by atoms with Crippen molar-refractivity contribution in [3.63, 3.8) is 0 Å². The lowest BCUT2D eigenvalue weighted by Gasteiger charge is -2.18. The quantitative estimate of drug-likeness (QED) is 0.850. The van der Waals surface area contributed by atoms with Crippen molar-refractivity contribution in [2.45, 2.75) is 19.8 Å². The second-order valence-electron chi connectivity index (χ2n) is 5.49. The third-order valence-corrected chi connectivity index (χ3v) is 3.77. The number of rotatable bonds is 6. The summed E-state index contributed by atoms with van der Waals surface area (Å²) in [5.41, 5.74) is 2.80. The number of hydrogen-bond acceptors (Lipinski definition) is 1. The summed E-state index contributed by atoms with van der Waals surface area (Å²) in [6.07, 6.45) is 1.48. The zero-order valence-electron chi connectivity index (χ0n) is 12.5. The molecular formula is C18H21F2N. The summed E-state index contributed by atoms with van der Waals surface area (Å²) in [5.74, 6) is -0.0963. The second-order valence-corrected chi connectivity index (χ2v) is 5.49. The SMILES string of the molecule is CNCC(Cc1ccc(F)cc1C)Cc1ccccc1F. The van der Waals surface area contributed by atoms with Gasteiger partial charge in [-0.05, 0) is 74.2 Å². The van der Waals surface area contributed by atoms with Gasteiger partial charge in [0.15, 0.2) is 0 Å². The van der Waals surface area contributed by atoms with Crippen molar-refractivity contribution in [2.75, 3.05) is 13.6 Å². The van der Waals surface area contributed by atoms with Crippen LogP contribution in [0.1, 0.15) is 16.7 Å². The summed E-state index contributed by atoms with van der Waals surface area (Å²) in [4.78, 5) is 0.